The standard InChI is InChI=1S/C13H10BrClN2O/c1-17(9-5-7-16-8-6-9)13(18)10-3-2-4-11(14)12(10)15/h2-8H,1H3. The molecule has 0 aliphatic rings. The highest BCUT2D eigenvalue weighted by molar-refractivity contribution is 9.10. The minimum atomic E-state index is -0.160. The first kappa shape index (κ1) is 13.1. The Balaban J connectivity index is 2.35. The van der Waals surface area contributed by atoms with Gasteiger partial charge in [-0.05, 0) is 40.2 Å². The van der Waals surface area contributed by atoms with E-state index in [0.29, 0.717) is 15.1 Å². The summed E-state index contributed by atoms with van der Waals surface area (Å²) in [6, 6.07) is 8.82. The SMILES string of the molecule is CN(C(=O)c1cccc(Br)c1Cl)c1ccncc1. The minimum Gasteiger partial charge on any atom is -0.311 e. The van der Waals surface area contributed by atoms with Crippen molar-refractivity contribution in [3.05, 3.63) is 57.8 Å². The zero-order valence-corrected chi connectivity index (χ0v) is 11.9. The van der Waals surface area contributed by atoms with Gasteiger partial charge in [-0.2, -0.15) is 0 Å². The summed E-state index contributed by atoms with van der Waals surface area (Å²) in [5, 5.41) is 0.420. The fourth-order valence-corrected chi connectivity index (χ4v) is 2.11. The third-order valence-corrected chi connectivity index (χ3v) is 3.83. The lowest BCUT2D eigenvalue weighted by Gasteiger charge is -2.18. The van der Waals surface area contributed by atoms with Crippen LogP contribution in [0.25, 0.3) is 0 Å². The average Bonchev–Trinajstić information content (AvgIpc) is 2.41. The molecule has 0 unspecified atom stereocenters. The molecule has 1 aromatic heterocycles. The number of hydrogen-bond donors (Lipinski definition) is 0. The Morgan fingerprint density at radius 2 is 1.94 bits per heavy atom. The van der Waals surface area contributed by atoms with Crippen LogP contribution in [0.5, 0.6) is 0 Å². The van der Waals surface area contributed by atoms with E-state index in [1.54, 1.807) is 49.8 Å². The van der Waals surface area contributed by atoms with E-state index in [1.807, 2.05) is 0 Å². The Hall–Kier alpha value is -1.39. The normalized spacial score (nSPS) is 10.2. The lowest BCUT2D eigenvalue weighted by molar-refractivity contribution is 0.0993. The van der Waals surface area contributed by atoms with Gasteiger partial charge in [-0.3, -0.25) is 9.78 Å². The van der Waals surface area contributed by atoms with Crippen molar-refractivity contribution < 1.29 is 4.79 Å². The maximum atomic E-state index is 12.3. The molecule has 0 bridgehead atoms. The van der Waals surface area contributed by atoms with Crippen LogP contribution in [-0.4, -0.2) is 17.9 Å². The van der Waals surface area contributed by atoms with E-state index >= 15 is 0 Å². The molecule has 0 fully saturated rings. The van der Waals surface area contributed by atoms with Gasteiger partial charge in [0.15, 0.2) is 0 Å². The molecule has 0 saturated heterocycles. The third-order valence-electron chi connectivity index (χ3n) is 2.54. The van der Waals surface area contributed by atoms with Gasteiger partial charge in [0.05, 0.1) is 10.6 Å². The Labute approximate surface area is 119 Å². The fraction of sp³-hybridized carbons (Fsp3) is 0.0769. The maximum absolute atomic E-state index is 12.3. The van der Waals surface area contributed by atoms with Crippen LogP contribution in [0.3, 0.4) is 0 Å². The highest BCUT2D eigenvalue weighted by atomic mass is 79.9. The van der Waals surface area contributed by atoms with Crippen molar-refractivity contribution in [2.24, 2.45) is 0 Å². The summed E-state index contributed by atoms with van der Waals surface area (Å²) in [6.07, 6.45) is 3.28. The lowest BCUT2D eigenvalue weighted by Crippen LogP contribution is -2.26. The second kappa shape index (κ2) is 5.50. The molecule has 0 N–H and O–H groups in total. The van der Waals surface area contributed by atoms with Crippen LogP contribution in [0, 0.1) is 0 Å². The van der Waals surface area contributed by atoms with E-state index in [9.17, 15) is 4.79 Å². The van der Waals surface area contributed by atoms with E-state index in [4.69, 9.17) is 11.6 Å². The molecule has 0 spiro atoms. The molecule has 3 nitrogen and oxygen atoms in total. The van der Waals surface area contributed by atoms with E-state index in [2.05, 4.69) is 20.9 Å². The molecule has 0 aliphatic carbocycles. The molecule has 0 saturated carbocycles. The van der Waals surface area contributed by atoms with Crippen LogP contribution in [0.15, 0.2) is 47.2 Å². The molecule has 2 rings (SSSR count). The van der Waals surface area contributed by atoms with Gasteiger partial charge in [0, 0.05) is 29.6 Å². The Bertz CT molecular complexity index is 574. The zero-order valence-electron chi connectivity index (χ0n) is 9.60. The van der Waals surface area contributed by atoms with Crippen LogP contribution in [0.2, 0.25) is 5.02 Å². The number of pyridine rings is 1. The summed E-state index contributed by atoms with van der Waals surface area (Å²) in [5.41, 5.74) is 1.23. The summed E-state index contributed by atoms with van der Waals surface area (Å²) >= 11 is 9.42. The summed E-state index contributed by atoms with van der Waals surface area (Å²) in [5.74, 6) is -0.160. The second-order valence-electron chi connectivity index (χ2n) is 3.67. The largest absolute Gasteiger partial charge is 0.311 e. The number of benzene rings is 1. The predicted octanol–water partition coefficient (Wildman–Crippen LogP) is 3.77. The van der Waals surface area contributed by atoms with Gasteiger partial charge in [0.1, 0.15) is 0 Å². The number of carbonyl (C=O) groups excluding carboxylic acids is 1. The maximum Gasteiger partial charge on any atom is 0.259 e. The van der Waals surface area contributed by atoms with E-state index in [-0.39, 0.29) is 5.91 Å². The van der Waals surface area contributed by atoms with Crippen molar-refractivity contribution in [3.8, 4) is 0 Å². The molecule has 2 aromatic rings. The zero-order chi connectivity index (χ0) is 13.1. The van der Waals surface area contributed by atoms with Crippen molar-refractivity contribution in [2.75, 3.05) is 11.9 Å². The molecule has 1 heterocycles. The summed E-state index contributed by atoms with van der Waals surface area (Å²) in [7, 11) is 1.70. The van der Waals surface area contributed by atoms with Crippen molar-refractivity contribution in [1.29, 1.82) is 0 Å². The monoisotopic (exact) mass is 324 g/mol. The summed E-state index contributed by atoms with van der Waals surface area (Å²) < 4.78 is 0.707. The molecule has 5 heteroatoms. The van der Waals surface area contributed by atoms with Gasteiger partial charge in [0.2, 0.25) is 0 Å². The van der Waals surface area contributed by atoms with E-state index < -0.39 is 0 Å². The highest BCUT2D eigenvalue weighted by Crippen LogP contribution is 2.27. The van der Waals surface area contributed by atoms with Crippen molar-refractivity contribution in [1.82, 2.24) is 4.98 Å². The Morgan fingerprint density at radius 3 is 2.61 bits per heavy atom. The molecular weight excluding hydrogens is 316 g/mol. The van der Waals surface area contributed by atoms with Crippen LogP contribution < -0.4 is 4.90 Å². The van der Waals surface area contributed by atoms with Gasteiger partial charge >= 0.3 is 0 Å². The molecule has 1 aromatic carbocycles. The number of carbonyl (C=O) groups is 1. The minimum absolute atomic E-state index is 0.160. The molecule has 92 valence electrons. The first-order chi connectivity index (χ1) is 8.61. The number of anilines is 1. The number of hydrogen-bond acceptors (Lipinski definition) is 2. The number of aromatic nitrogens is 1. The summed E-state index contributed by atoms with van der Waals surface area (Å²) in [6.45, 7) is 0. The predicted molar refractivity (Wildman–Crippen MR) is 76.1 cm³/mol. The van der Waals surface area contributed by atoms with Crippen LogP contribution >= 0.6 is 27.5 Å². The van der Waals surface area contributed by atoms with Gasteiger partial charge < -0.3 is 4.90 Å². The Morgan fingerprint density at radius 1 is 1.28 bits per heavy atom. The lowest BCUT2D eigenvalue weighted by atomic mass is 10.2. The van der Waals surface area contributed by atoms with Crippen LogP contribution in [0.4, 0.5) is 5.69 Å². The van der Waals surface area contributed by atoms with Crippen molar-refractivity contribution >= 4 is 39.1 Å². The first-order valence-electron chi connectivity index (χ1n) is 5.23. The number of amides is 1. The average molecular weight is 326 g/mol. The second-order valence-corrected chi connectivity index (χ2v) is 4.90. The van der Waals surface area contributed by atoms with E-state index in [1.165, 1.54) is 4.90 Å². The molecular formula is C13H10BrClN2O. The summed E-state index contributed by atoms with van der Waals surface area (Å²) in [4.78, 5) is 17.8. The first-order valence-corrected chi connectivity index (χ1v) is 6.40. The Kier molecular flexibility index (Phi) is 3.99. The molecule has 0 aliphatic heterocycles. The number of nitrogens with zero attached hydrogens (tertiary/aromatic N) is 2. The third kappa shape index (κ3) is 2.54. The molecule has 0 radical (unpaired) electrons. The number of halogens is 2. The topological polar surface area (TPSA) is 33.2 Å². The van der Waals surface area contributed by atoms with E-state index in [0.717, 1.165) is 5.69 Å². The van der Waals surface area contributed by atoms with Gasteiger partial charge in [-0.1, -0.05) is 17.7 Å². The highest BCUT2D eigenvalue weighted by Gasteiger charge is 2.17. The van der Waals surface area contributed by atoms with Crippen molar-refractivity contribution in [3.63, 3.8) is 0 Å². The van der Waals surface area contributed by atoms with Gasteiger partial charge in [-0.25, -0.2) is 0 Å². The van der Waals surface area contributed by atoms with Crippen LogP contribution in [-0.2, 0) is 0 Å². The molecule has 18 heavy (non-hydrogen) atoms. The number of rotatable bonds is 2. The molecule has 0 atom stereocenters. The quantitative estimate of drug-likeness (QED) is 0.842. The van der Waals surface area contributed by atoms with Gasteiger partial charge in [0.25, 0.3) is 5.91 Å². The van der Waals surface area contributed by atoms with Gasteiger partial charge in [-0.15, -0.1) is 0 Å². The molecule has 1 amide bonds. The smallest absolute Gasteiger partial charge is 0.259 e. The van der Waals surface area contributed by atoms with Crippen LogP contribution in [0.1, 0.15) is 10.4 Å². The fourth-order valence-electron chi connectivity index (χ4n) is 1.53. The van der Waals surface area contributed by atoms with Crippen molar-refractivity contribution in [2.45, 2.75) is 0 Å².